The van der Waals surface area contributed by atoms with E-state index in [0.29, 0.717) is 46.2 Å². The van der Waals surface area contributed by atoms with Crippen LogP contribution in [0.1, 0.15) is 99.8 Å². The summed E-state index contributed by atoms with van der Waals surface area (Å²) in [6.45, 7) is 8.32. The molecule has 0 fully saturated rings. The van der Waals surface area contributed by atoms with Gasteiger partial charge in [-0.3, -0.25) is 14.4 Å². The number of rotatable bonds is 20. The van der Waals surface area contributed by atoms with E-state index >= 15 is 0 Å². The van der Waals surface area contributed by atoms with Crippen LogP contribution in [0.15, 0.2) is 114 Å². The third-order valence-corrected chi connectivity index (χ3v) is 10.4. The van der Waals surface area contributed by atoms with Crippen molar-refractivity contribution >= 4 is 45.8 Å². The molecule has 0 aliphatic carbocycles. The fourth-order valence-electron chi connectivity index (χ4n) is 7.15. The van der Waals surface area contributed by atoms with E-state index in [1.807, 2.05) is 84.9 Å². The second-order valence-corrected chi connectivity index (χ2v) is 15.0. The zero-order valence-corrected chi connectivity index (χ0v) is 35.4. The number of benzene rings is 5. The Morgan fingerprint density at radius 1 is 0.803 bits per heavy atom. The largest absolute Gasteiger partial charge is 0.491 e. The third-order valence-electron chi connectivity index (χ3n) is 10.4. The lowest BCUT2D eigenvalue weighted by molar-refractivity contribution is -0.204. The standard InChI is InChI=1S/C49H55N3O9/c1-6-8-15-35(7-2)29-50-48-43-21-13-12-20-42(43)45(49(58)37-22-24-41(25-23-37)59-31-40(57)30-53)27-44(48)38-18-14-19-39(26-38)46(51-60-33(4)55)28-47(36-16-10-9-11-17-36)52(32(3)54)61-34(5)56/h9-14,16-27,35,40,47,50,53,57H,6-8,15,28-31H2,1-5H3. The molecule has 0 saturated heterocycles. The second kappa shape index (κ2) is 22.3. The number of aliphatic hydroxyl groups is 2. The molecule has 12 nitrogen and oxygen atoms in total. The highest BCUT2D eigenvalue weighted by atomic mass is 16.7. The van der Waals surface area contributed by atoms with E-state index < -0.39 is 36.6 Å². The molecule has 0 spiro atoms. The second-order valence-electron chi connectivity index (χ2n) is 15.0. The summed E-state index contributed by atoms with van der Waals surface area (Å²) in [5.74, 6) is -1.19. The lowest BCUT2D eigenvalue weighted by atomic mass is 9.89. The molecule has 5 aromatic rings. The van der Waals surface area contributed by atoms with Gasteiger partial charge in [-0.1, -0.05) is 111 Å². The fourth-order valence-corrected chi connectivity index (χ4v) is 7.15. The number of ether oxygens (including phenoxy) is 1. The molecule has 3 unspecified atom stereocenters. The first-order chi connectivity index (χ1) is 29.4. The van der Waals surface area contributed by atoms with Crippen molar-refractivity contribution in [2.45, 2.75) is 78.9 Å². The van der Waals surface area contributed by atoms with Crippen LogP contribution < -0.4 is 10.1 Å². The van der Waals surface area contributed by atoms with E-state index in [-0.39, 0.29) is 18.8 Å². The van der Waals surface area contributed by atoms with E-state index in [0.717, 1.165) is 58.3 Å². The lowest BCUT2D eigenvalue weighted by Crippen LogP contribution is -2.36. The van der Waals surface area contributed by atoms with Gasteiger partial charge in [-0.15, -0.1) is 0 Å². The number of nitrogens with one attached hydrogen (secondary N) is 1. The summed E-state index contributed by atoms with van der Waals surface area (Å²) in [5, 5.41) is 29.6. The number of fused-ring (bicyclic) bond motifs is 1. The smallest absolute Gasteiger partial charge is 0.331 e. The van der Waals surface area contributed by atoms with Gasteiger partial charge < -0.3 is 29.9 Å². The maximum atomic E-state index is 14.5. The Balaban J connectivity index is 1.66. The number of carbonyl (C=O) groups excluding carboxylic acids is 4. The van der Waals surface area contributed by atoms with E-state index in [1.165, 1.54) is 20.8 Å². The molecule has 5 rings (SSSR count). The van der Waals surface area contributed by atoms with Crippen LogP contribution in [0, 0.1) is 5.92 Å². The van der Waals surface area contributed by atoms with Crippen LogP contribution in [0.4, 0.5) is 5.69 Å². The molecule has 61 heavy (non-hydrogen) atoms. The molecule has 0 bridgehead atoms. The summed E-state index contributed by atoms with van der Waals surface area (Å²) >= 11 is 0. The normalized spacial score (nSPS) is 12.9. The van der Waals surface area contributed by atoms with Crippen LogP contribution in [0.2, 0.25) is 0 Å². The number of hydroxylamine groups is 2. The quantitative estimate of drug-likeness (QED) is 0.0299. The van der Waals surface area contributed by atoms with Gasteiger partial charge >= 0.3 is 11.9 Å². The molecular formula is C49H55N3O9. The first-order valence-corrected chi connectivity index (χ1v) is 20.7. The Morgan fingerprint density at radius 3 is 2.15 bits per heavy atom. The molecule has 0 aliphatic heterocycles. The molecule has 5 aromatic carbocycles. The minimum Gasteiger partial charge on any atom is -0.491 e. The van der Waals surface area contributed by atoms with Crippen LogP contribution in [0.25, 0.3) is 21.9 Å². The molecule has 320 valence electrons. The summed E-state index contributed by atoms with van der Waals surface area (Å²) in [5.41, 5.74) is 4.77. The highest BCUT2D eigenvalue weighted by Gasteiger charge is 2.29. The van der Waals surface area contributed by atoms with Gasteiger partial charge in [-0.05, 0) is 65.3 Å². The number of anilines is 1. The topological polar surface area (TPSA) is 164 Å². The molecule has 1 amide bonds. The fraction of sp³-hybridized carbons (Fsp3) is 0.327. The van der Waals surface area contributed by atoms with Crippen molar-refractivity contribution in [2.75, 3.05) is 25.1 Å². The van der Waals surface area contributed by atoms with E-state index in [1.54, 1.807) is 24.3 Å². The van der Waals surface area contributed by atoms with Gasteiger partial charge in [0.1, 0.15) is 24.5 Å². The van der Waals surface area contributed by atoms with Crippen molar-refractivity contribution in [1.29, 1.82) is 0 Å². The first-order valence-electron chi connectivity index (χ1n) is 20.7. The van der Waals surface area contributed by atoms with Crippen molar-refractivity contribution in [2.24, 2.45) is 11.1 Å². The number of hydrogen-bond acceptors (Lipinski definition) is 11. The average molecular weight is 830 g/mol. The van der Waals surface area contributed by atoms with Crippen molar-refractivity contribution in [3.63, 3.8) is 0 Å². The number of unbranched alkanes of at least 4 members (excludes halogenated alkanes) is 1. The molecule has 3 N–H and O–H groups in total. The Bertz CT molecular complexity index is 2310. The molecular weight excluding hydrogens is 775 g/mol. The molecule has 0 heterocycles. The minimum atomic E-state index is -1.03. The van der Waals surface area contributed by atoms with Gasteiger partial charge in [0, 0.05) is 67.1 Å². The minimum absolute atomic E-state index is 0.00551. The maximum absolute atomic E-state index is 14.5. The molecule has 0 radical (unpaired) electrons. The third kappa shape index (κ3) is 12.3. The van der Waals surface area contributed by atoms with Gasteiger partial charge in [0.2, 0.25) is 0 Å². The van der Waals surface area contributed by atoms with Crippen LogP contribution in [0.5, 0.6) is 5.75 Å². The van der Waals surface area contributed by atoms with Gasteiger partial charge in [0.25, 0.3) is 5.91 Å². The summed E-state index contributed by atoms with van der Waals surface area (Å²) < 4.78 is 5.59. The summed E-state index contributed by atoms with van der Waals surface area (Å²) in [6, 6.07) is 32.1. The zero-order chi connectivity index (χ0) is 43.9. The molecule has 3 atom stereocenters. The Hall–Kier alpha value is -6.37. The SMILES string of the molecule is CCCCC(CC)CNc1c(-c2cccc(C(CC(c3ccccc3)N(OC(C)=O)C(C)=O)=NOC(C)=O)c2)cc(C(=O)c2ccc(OCC(O)CO)cc2)c2ccccc12. The number of nitrogens with zero attached hydrogens (tertiary/aromatic N) is 2. The van der Waals surface area contributed by atoms with E-state index in [2.05, 4.69) is 24.3 Å². The molecule has 0 aliphatic rings. The van der Waals surface area contributed by atoms with Crippen LogP contribution in [0.3, 0.4) is 0 Å². The number of amides is 1. The molecule has 12 heteroatoms. The number of carbonyl (C=O) groups is 4. The predicted octanol–water partition coefficient (Wildman–Crippen LogP) is 8.82. The van der Waals surface area contributed by atoms with Crippen molar-refractivity contribution in [3.8, 4) is 16.9 Å². The van der Waals surface area contributed by atoms with Gasteiger partial charge in [-0.2, -0.15) is 5.06 Å². The van der Waals surface area contributed by atoms with Crippen LogP contribution in [-0.2, 0) is 24.1 Å². The average Bonchev–Trinajstić information content (AvgIpc) is 3.27. The van der Waals surface area contributed by atoms with E-state index in [9.17, 15) is 29.4 Å². The van der Waals surface area contributed by atoms with Crippen molar-refractivity contribution in [1.82, 2.24) is 5.06 Å². The number of oxime groups is 1. The lowest BCUT2D eigenvalue weighted by Gasteiger charge is -2.29. The summed E-state index contributed by atoms with van der Waals surface area (Å²) in [4.78, 5) is 62.6. The predicted molar refractivity (Wildman–Crippen MR) is 236 cm³/mol. The number of ketones is 1. The Morgan fingerprint density at radius 2 is 1.51 bits per heavy atom. The molecule has 0 saturated carbocycles. The zero-order valence-electron chi connectivity index (χ0n) is 35.4. The monoisotopic (exact) mass is 829 g/mol. The molecule has 0 aromatic heterocycles. The first kappa shape index (κ1) is 45.7. The highest BCUT2D eigenvalue weighted by Crippen LogP contribution is 2.39. The Kier molecular flexibility index (Phi) is 16.7. The van der Waals surface area contributed by atoms with Crippen molar-refractivity contribution < 1.29 is 43.8 Å². The number of aliphatic hydroxyl groups excluding tert-OH is 2. The summed E-state index contributed by atoms with van der Waals surface area (Å²) in [7, 11) is 0. The van der Waals surface area contributed by atoms with Gasteiger partial charge in [-0.25, -0.2) is 4.79 Å². The number of hydrogen-bond donors (Lipinski definition) is 3. The Labute approximate surface area is 357 Å². The van der Waals surface area contributed by atoms with Gasteiger partial charge in [0.15, 0.2) is 5.78 Å². The van der Waals surface area contributed by atoms with Crippen LogP contribution in [-0.4, -0.2) is 70.5 Å². The van der Waals surface area contributed by atoms with Crippen LogP contribution >= 0.6 is 0 Å². The van der Waals surface area contributed by atoms with E-state index in [4.69, 9.17) is 14.4 Å². The highest BCUT2D eigenvalue weighted by molar-refractivity contribution is 6.20. The summed E-state index contributed by atoms with van der Waals surface area (Å²) in [6.07, 6.45) is 3.24. The van der Waals surface area contributed by atoms with Crippen molar-refractivity contribution in [3.05, 3.63) is 131 Å². The van der Waals surface area contributed by atoms with Gasteiger partial charge in [0.05, 0.1) is 12.3 Å². The maximum Gasteiger partial charge on any atom is 0.331 e.